The van der Waals surface area contributed by atoms with Gasteiger partial charge in [0, 0.05) is 15.1 Å². The molecule has 2 aromatic carbocycles. The van der Waals surface area contributed by atoms with Crippen molar-refractivity contribution in [2.75, 3.05) is 0 Å². The molecule has 0 aliphatic rings. The molecule has 1 unspecified atom stereocenters. The van der Waals surface area contributed by atoms with Gasteiger partial charge in [0.05, 0.1) is 5.38 Å². The lowest BCUT2D eigenvalue weighted by Crippen LogP contribution is -1.96. The smallest absolute Gasteiger partial charge is 0.129 e. The van der Waals surface area contributed by atoms with Crippen LogP contribution >= 0.6 is 39.1 Å². The summed E-state index contributed by atoms with van der Waals surface area (Å²) in [5, 5.41) is -0.147. The van der Waals surface area contributed by atoms with E-state index in [1.807, 2.05) is 24.3 Å². The SMILES string of the molecule is Fc1cc(Cl)ccc1C(Cl)c1ccc(Br)cc1. The molecule has 0 bridgehead atoms. The number of hydrogen-bond acceptors (Lipinski definition) is 0. The molecule has 0 fully saturated rings. The number of hydrogen-bond donors (Lipinski definition) is 0. The van der Waals surface area contributed by atoms with Crippen molar-refractivity contribution in [2.24, 2.45) is 0 Å². The molecule has 17 heavy (non-hydrogen) atoms. The molecular weight excluding hydrogens is 326 g/mol. The predicted octanol–water partition coefficient (Wildman–Crippen LogP) is 5.57. The molecule has 4 heteroatoms. The summed E-state index contributed by atoms with van der Waals surface area (Å²) in [6.07, 6.45) is 0. The van der Waals surface area contributed by atoms with E-state index in [0.717, 1.165) is 10.0 Å². The number of benzene rings is 2. The highest BCUT2D eigenvalue weighted by molar-refractivity contribution is 9.10. The summed E-state index contributed by atoms with van der Waals surface area (Å²) in [6, 6.07) is 12.0. The van der Waals surface area contributed by atoms with Crippen LogP contribution in [0.15, 0.2) is 46.9 Å². The minimum absolute atomic E-state index is 0.367. The Morgan fingerprint density at radius 3 is 2.29 bits per heavy atom. The van der Waals surface area contributed by atoms with Crippen molar-refractivity contribution in [3.8, 4) is 0 Å². The van der Waals surface area contributed by atoms with E-state index in [1.165, 1.54) is 6.07 Å². The Labute approximate surface area is 117 Å². The second-order valence-electron chi connectivity index (χ2n) is 3.58. The summed E-state index contributed by atoms with van der Waals surface area (Å²) in [5.74, 6) is -0.389. The van der Waals surface area contributed by atoms with Crippen LogP contribution in [0, 0.1) is 5.82 Å². The Morgan fingerprint density at radius 2 is 1.71 bits per heavy atom. The zero-order valence-electron chi connectivity index (χ0n) is 8.63. The lowest BCUT2D eigenvalue weighted by Gasteiger charge is -2.11. The molecule has 0 aliphatic heterocycles. The Morgan fingerprint density at radius 1 is 1.06 bits per heavy atom. The quantitative estimate of drug-likeness (QED) is 0.630. The summed E-state index contributed by atoms with van der Waals surface area (Å²) in [6.45, 7) is 0. The molecule has 0 heterocycles. The van der Waals surface area contributed by atoms with Crippen LogP contribution in [-0.2, 0) is 0 Å². The molecule has 0 radical (unpaired) electrons. The lowest BCUT2D eigenvalue weighted by atomic mass is 10.0. The average Bonchev–Trinajstić information content (AvgIpc) is 2.29. The van der Waals surface area contributed by atoms with E-state index >= 15 is 0 Å². The van der Waals surface area contributed by atoms with E-state index in [1.54, 1.807) is 12.1 Å². The summed E-state index contributed by atoms with van der Waals surface area (Å²) >= 11 is 15.3. The average molecular weight is 334 g/mol. The summed E-state index contributed by atoms with van der Waals surface area (Å²) in [4.78, 5) is 0. The van der Waals surface area contributed by atoms with Crippen LogP contribution in [0.5, 0.6) is 0 Å². The van der Waals surface area contributed by atoms with Crippen molar-refractivity contribution in [3.05, 3.63) is 68.9 Å². The van der Waals surface area contributed by atoms with Gasteiger partial charge in [-0.2, -0.15) is 0 Å². The third kappa shape index (κ3) is 3.01. The van der Waals surface area contributed by atoms with Gasteiger partial charge in [-0.25, -0.2) is 4.39 Å². The van der Waals surface area contributed by atoms with Crippen LogP contribution in [0.25, 0.3) is 0 Å². The maximum Gasteiger partial charge on any atom is 0.129 e. The Kier molecular flexibility index (Phi) is 4.08. The van der Waals surface area contributed by atoms with E-state index < -0.39 is 5.38 Å². The van der Waals surface area contributed by atoms with Gasteiger partial charge in [-0.15, -0.1) is 11.6 Å². The molecule has 0 amide bonds. The van der Waals surface area contributed by atoms with Gasteiger partial charge in [0.1, 0.15) is 5.82 Å². The summed E-state index contributed by atoms with van der Waals surface area (Å²) in [5.41, 5.74) is 1.27. The van der Waals surface area contributed by atoms with Crippen molar-refractivity contribution in [2.45, 2.75) is 5.38 Å². The van der Waals surface area contributed by atoms with Gasteiger partial charge in [0.25, 0.3) is 0 Å². The highest BCUT2D eigenvalue weighted by Gasteiger charge is 2.15. The summed E-state index contributed by atoms with van der Waals surface area (Å²) in [7, 11) is 0. The maximum absolute atomic E-state index is 13.7. The Balaban J connectivity index is 2.36. The van der Waals surface area contributed by atoms with Gasteiger partial charge in [0.15, 0.2) is 0 Å². The molecule has 0 nitrogen and oxygen atoms in total. The van der Waals surface area contributed by atoms with Crippen molar-refractivity contribution >= 4 is 39.1 Å². The van der Waals surface area contributed by atoms with Crippen LogP contribution in [0.3, 0.4) is 0 Å². The van der Waals surface area contributed by atoms with E-state index in [0.29, 0.717) is 10.6 Å². The zero-order valence-corrected chi connectivity index (χ0v) is 11.7. The van der Waals surface area contributed by atoms with Gasteiger partial charge in [0.2, 0.25) is 0 Å². The van der Waals surface area contributed by atoms with Crippen LogP contribution in [0.2, 0.25) is 5.02 Å². The lowest BCUT2D eigenvalue weighted by molar-refractivity contribution is 0.612. The standard InChI is InChI=1S/C13H8BrCl2F/c14-9-3-1-8(2-4-9)13(16)11-6-5-10(15)7-12(11)17/h1-7,13H. The molecule has 0 saturated heterocycles. The molecule has 0 aliphatic carbocycles. The van der Waals surface area contributed by atoms with E-state index in [2.05, 4.69) is 15.9 Å². The van der Waals surface area contributed by atoms with Crippen LogP contribution < -0.4 is 0 Å². The number of rotatable bonds is 2. The van der Waals surface area contributed by atoms with Crippen molar-refractivity contribution < 1.29 is 4.39 Å². The first kappa shape index (κ1) is 12.9. The van der Waals surface area contributed by atoms with E-state index in [-0.39, 0.29) is 5.82 Å². The molecule has 2 rings (SSSR count). The number of alkyl halides is 1. The fourth-order valence-corrected chi connectivity index (χ4v) is 2.26. The van der Waals surface area contributed by atoms with E-state index in [9.17, 15) is 4.39 Å². The second-order valence-corrected chi connectivity index (χ2v) is 5.37. The van der Waals surface area contributed by atoms with Gasteiger partial charge in [-0.1, -0.05) is 45.7 Å². The monoisotopic (exact) mass is 332 g/mol. The minimum atomic E-state index is -0.514. The Hall–Kier alpha value is -0.570. The minimum Gasteiger partial charge on any atom is -0.207 e. The molecule has 0 saturated carbocycles. The third-order valence-corrected chi connectivity index (χ3v) is 3.65. The van der Waals surface area contributed by atoms with E-state index in [4.69, 9.17) is 23.2 Å². The van der Waals surface area contributed by atoms with Crippen molar-refractivity contribution in [1.29, 1.82) is 0 Å². The molecule has 0 aromatic heterocycles. The fraction of sp³-hybridized carbons (Fsp3) is 0.0769. The highest BCUT2D eigenvalue weighted by atomic mass is 79.9. The normalized spacial score (nSPS) is 12.5. The molecule has 1 atom stereocenters. The van der Waals surface area contributed by atoms with Crippen LogP contribution in [0.1, 0.15) is 16.5 Å². The van der Waals surface area contributed by atoms with Crippen molar-refractivity contribution in [1.82, 2.24) is 0 Å². The Bertz CT molecular complexity index is 525. The molecule has 2 aromatic rings. The first-order valence-electron chi connectivity index (χ1n) is 4.92. The largest absolute Gasteiger partial charge is 0.207 e. The zero-order chi connectivity index (χ0) is 12.4. The first-order valence-corrected chi connectivity index (χ1v) is 6.53. The topological polar surface area (TPSA) is 0 Å². The number of halogens is 4. The molecule has 88 valence electrons. The van der Waals surface area contributed by atoms with Crippen LogP contribution in [-0.4, -0.2) is 0 Å². The van der Waals surface area contributed by atoms with Crippen LogP contribution in [0.4, 0.5) is 4.39 Å². The first-order chi connectivity index (χ1) is 8.08. The van der Waals surface area contributed by atoms with Gasteiger partial charge in [-0.3, -0.25) is 0 Å². The maximum atomic E-state index is 13.7. The summed E-state index contributed by atoms with van der Waals surface area (Å²) < 4.78 is 14.6. The van der Waals surface area contributed by atoms with Crippen molar-refractivity contribution in [3.63, 3.8) is 0 Å². The van der Waals surface area contributed by atoms with Gasteiger partial charge >= 0.3 is 0 Å². The molecule has 0 N–H and O–H groups in total. The van der Waals surface area contributed by atoms with Gasteiger partial charge < -0.3 is 0 Å². The fourth-order valence-electron chi connectivity index (χ4n) is 1.52. The third-order valence-electron chi connectivity index (χ3n) is 2.40. The van der Waals surface area contributed by atoms with Gasteiger partial charge in [-0.05, 0) is 29.8 Å². The predicted molar refractivity (Wildman–Crippen MR) is 73.2 cm³/mol. The molecular formula is C13H8BrCl2F. The second kappa shape index (κ2) is 5.38. The highest BCUT2D eigenvalue weighted by Crippen LogP contribution is 2.32. The molecule has 0 spiro atoms.